The topological polar surface area (TPSA) is 95.0 Å². The molecule has 346 valence electrons. The van der Waals surface area contributed by atoms with E-state index in [1.165, 1.54) is 0 Å². The summed E-state index contributed by atoms with van der Waals surface area (Å²) in [7, 11) is 0. The number of rotatable bonds is 14. The molecular weight excluding hydrogens is 921 g/mol. The first-order valence-electron chi connectivity index (χ1n) is 23.4. The Kier molecular flexibility index (Phi) is 12.5. The third kappa shape index (κ3) is 9.51. The highest BCUT2D eigenvalue weighted by atomic mass is 32.1. The van der Waals surface area contributed by atoms with Crippen molar-refractivity contribution in [2.24, 2.45) is 0 Å². The van der Waals surface area contributed by atoms with Crippen LogP contribution in [0.5, 0.6) is 0 Å². The Labute approximate surface area is 425 Å². The Morgan fingerprint density at radius 1 is 0.466 bits per heavy atom. The monoisotopic (exact) mass is 960 g/mol. The molecule has 8 nitrogen and oxygen atoms in total. The van der Waals surface area contributed by atoms with Crippen LogP contribution >= 0.6 is 11.3 Å². The van der Waals surface area contributed by atoms with Crippen LogP contribution in [0.2, 0.25) is 0 Å². The predicted molar refractivity (Wildman–Crippen MR) is 294 cm³/mol. The second-order valence-electron chi connectivity index (χ2n) is 17.0. The fraction of sp³-hybridized carbons (Fsp3) is 0. The number of allylic oxidation sites excluding steroid dienone is 2. The van der Waals surface area contributed by atoms with Crippen LogP contribution < -0.4 is 9.80 Å². The maximum absolute atomic E-state index is 13.3. The Morgan fingerprint density at radius 3 is 1.27 bits per heavy atom. The van der Waals surface area contributed by atoms with Crippen molar-refractivity contribution in [1.29, 1.82) is 5.26 Å². The van der Waals surface area contributed by atoms with Gasteiger partial charge in [0.05, 0.1) is 6.57 Å². The van der Waals surface area contributed by atoms with Gasteiger partial charge in [0.25, 0.3) is 0 Å². The highest BCUT2D eigenvalue weighted by Crippen LogP contribution is 2.41. The molecule has 0 fully saturated rings. The number of hydrogen-bond donors (Lipinski definition) is 0. The van der Waals surface area contributed by atoms with Gasteiger partial charge in [0, 0.05) is 54.7 Å². The molecule has 0 saturated heterocycles. The quantitative estimate of drug-likeness (QED) is 0.0464. The summed E-state index contributed by atoms with van der Waals surface area (Å²) in [6.45, 7) is 7.79. The zero-order chi connectivity index (χ0) is 49.7. The number of furan rings is 2. The van der Waals surface area contributed by atoms with Gasteiger partial charge in [0.15, 0.2) is 11.5 Å². The van der Waals surface area contributed by atoms with E-state index in [-0.39, 0.29) is 22.8 Å². The molecule has 0 bridgehead atoms. The number of hydrogen-bond acceptors (Lipinski definition) is 8. The molecule has 0 N–H and O–H groups in total. The Hall–Kier alpha value is -10.1. The number of thiophene rings is 1. The Bertz CT molecular complexity index is 3620. The van der Waals surface area contributed by atoms with E-state index in [0.29, 0.717) is 16.7 Å². The summed E-state index contributed by atoms with van der Waals surface area (Å²) in [4.78, 5) is 36.8. The predicted octanol–water partition coefficient (Wildman–Crippen LogP) is 17.4. The molecule has 11 rings (SSSR count). The molecule has 3 heterocycles. The lowest BCUT2D eigenvalue weighted by Gasteiger charge is -2.25. The fourth-order valence-corrected chi connectivity index (χ4v) is 9.77. The van der Waals surface area contributed by atoms with Crippen molar-refractivity contribution in [2.45, 2.75) is 0 Å². The SMILES string of the molecule is [C-]#[N+]/C(=C/c1ccc(N(c2ccccc2)c2ccc(-c3ccc(-c4ccc(N(c5ccccc5)c5ccc(/C=C(/C#N)C(=O)c6cc7ccccc7o6)cc5)cc4)s3)cc2)cc1)C(=O)c1cc2ccccc2o1. The van der Waals surface area contributed by atoms with E-state index in [2.05, 4.69) is 106 Å². The second-order valence-corrected chi connectivity index (χ2v) is 18.1. The average molecular weight is 961 g/mol. The van der Waals surface area contributed by atoms with Crippen molar-refractivity contribution >= 4 is 91.1 Å². The van der Waals surface area contributed by atoms with Crippen LogP contribution in [-0.4, -0.2) is 11.6 Å². The van der Waals surface area contributed by atoms with Gasteiger partial charge in [-0.2, -0.15) is 5.26 Å². The van der Waals surface area contributed by atoms with E-state index in [0.717, 1.165) is 71.3 Å². The van der Waals surface area contributed by atoms with Crippen LogP contribution in [-0.2, 0) is 0 Å². The molecule has 0 radical (unpaired) electrons. The number of carbonyl (C=O) groups is 2. The normalized spacial score (nSPS) is 11.5. The van der Waals surface area contributed by atoms with Crippen molar-refractivity contribution in [3.63, 3.8) is 0 Å². The number of fused-ring (bicyclic) bond motifs is 2. The average Bonchev–Trinajstić information content (AvgIpc) is 4.23. The summed E-state index contributed by atoms with van der Waals surface area (Å²) in [5, 5.41) is 11.6. The molecule has 0 aliphatic carbocycles. The van der Waals surface area contributed by atoms with Crippen LogP contribution in [0.1, 0.15) is 32.2 Å². The molecule has 11 aromatic rings. The highest BCUT2D eigenvalue weighted by Gasteiger charge is 2.21. The van der Waals surface area contributed by atoms with Crippen LogP contribution in [0.15, 0.2) is 251 Å². The minimum atomic E-state index is -0.463. The summed E-state index contributed by atoms with van der Waals surface area (Å²) in [5.74, 6) is -0.651. The van der Waals surface area contributed by atoms with Crippen molar-refractivity contribution in [3.8, 4) is 27.0 Å². The van der Waals surface area contributed by atoms with E-state index in [1.54, 1.807) is 47.8 Å². The molecular formula is C64H40N4O4S. The summed E-state index contributed by atoms with van der Waals surface area (Å²) in [6, 6.07) is 77.5. The second kappa shape index (κ2) is 20.1. The molecule has 0 atom stereocenters. The summed E-state index contributed by atoms with van der Waals surface area (Å²) in [5.41, 5.74) is 10.6. The number of nitrogens with zero attached hydrogens (tertiary/aromatic N) is 4. The molecule has 9 heteroatoms. The van der Waals surface area contributed by atoms with E-state index >= 15 is 0 Å². The van der Waals surface area contributed by atoms with Crippen molar-refractivity contribution in [3.05, 3.63) is 276 Å². The van der Waals surface area contributed by atoms with Gasteiger partial charge in [0.1, 0.15) is 22.8 Å². The summed E-state index contributed by atoms with van der Waals surface area (Å²) >= 11 is 1.73. The number of para-hydroxylation sites is 4. The summed E-state index contributed by atoms with van der Waals surface area (Å²) < 4.78 is 11.5. The number of Topliss-reactive ketones (excluding diaryl/α,β-unsaturated/α-hetero) is 2. The van der Waals surface area contributed by atoms with Gasteiger partial charge < -0.3 is 18.6 Å². The van der Waals surface area contributed by atoms with Gasteiger partial charge in [-0.3, -0.25) is 9.59 Å². The first kappa shape index (κ1) is 45.4. The zero-order valence-corrected chi connectivity index (χ0v) is 39.7. The number of carbonyl (C=O) groups excluding carboxylic acids is 2. The van der Waals surface area contributed by atoms with Crippen LogP contribution in [0.4, 0.5) is 34.1 Å². The summed E-state index contributed by atoms with van der Waals surface area (Å²) in [6.07, 6.45) is 3.19. The largest absolute Gasteiger partial charge is 0.454 e. The highest BCUT2D eigenvalue weighted by molar-refractivity contribution is 7.18. The first-order valence-corrected chi connectivity index (χ1v) is 24.2. The maximum Gasteiger partial charge on any atom is 0.238 e. The molecule has 8 aromatic carbocycles. The van der Waals surface area contributed by atoms with Gasteiger partial charge >= 0.3 is 0 Å². The zero-order valence-electron chi connectivity index (χ0n) is 38.9. The number of nitriles is 1. The minimum Gasteiger partial charge on any atom is -0.454 e. The molecule has 0 saturated carbocycles. The molecule has 0 amide bonds. The van der Waals surface area contributed by atoms with E-state index in [1.807, 2.05) is 121 Å². The molecule has 3 aromatic heterocycles. The van der Waals surface area contributed by atoms with Gasteiger partial charge in [0.2, 0.25) is 17.3 Å². The van der Waals surface area contributed by atoms with Crippen LogP contribution in [0, 0.1) is 17.9 Å². The number of anilines is 6. The Morgan fingerprint density at radius 2 is 0.849 bits per heavy atom. The Balaban J connectivity index is 0.807. The molecule has 73 heavy (non-hydrogen) atoms. The smallest absolute Gasteiger partial charge is 0.238 e. The fourth-order valence-electron chi connectivity index (χ4n) is 8.75. The van der Waals surface area contributed by atoms with Gasteiger partial charge in [-0.25, -0.2) is 4.85 Å². The van der Waals surface area contributed by atoms with E-state index in [4.69, 9.17) is 15.4 Å². The van der Waals surface area contributed by atoms with Gasteiger partial charge in [-0.15, -0.1) is 11.3 Å². The maximum atomic E-state index is 13.3. The lowest BCUT2D eigenvalue weighted by Crippen LogP contribution is -2.09. The standard InChI is InChI=1S/C64H40N4O4S/c1-66-56(64(70)60-41-48-13-9-11-19-58(48)72-60)39-44-22-30-53(31-23-44)68(51-16-6-3-7-17-51)55-34-26-46(27-35-55)62-37-36-61(73-62)45-24-32-54(33-25-45)67(50-14-4-2-5-15-50)52-28-20-43(21-29-52)38-49(42-65)63(69)59-40-47-12-8-10-18-57(47)71-59/h2-41H/b49-38-,56-39+. The van der Waals surface area contributed by atoms with E-state index in [9.17, 15) is 14.9 Å². The lowest BCUT2D eigenvalue weighted by molar-refractivity contribution is 0.100. The van der Waals surface area contributed by atoms with Gasteiger partial charge in [-0.05, 0) is 144 Å². The first-order chi connectivity index (χ1) is 35.9. The van der Waals surface area contributed by atoms with Crippen molar-refractivity contribution in [2.75, 3.05) is 9.80 Å². The third-order valence-electron chi connectivity index (χ3n) is 12.4. The number of benzene rings is 8. The third-order valence-corrected chi connectivity index (χ3v) is 13.6. The van der Waals surface area contributed by atoms with Crippen LogP contribution in [0.3, 0.4) is 0 Å². The van der Waals surface area contributed by atoms with Crippen molar-refractivity contribution < 1.29 is 18.4 Å². The molecule has 0 aliphatic heterocycles. The molecule has 0 spiro atoms. The van der Waals surface area contributed by atoms with Crippen LogP contribution in [0.25, 0.3) is 59.8 Å². The molecule has 0 aliphatic rings. The number of ketones is 2. The van der Waals surface area contributed by atoms with Gasteiger partial charge in [-0.1, -0.05) is 121 Å². The van der Waals surface area contributed by atoms with Crippen molar-refractivity contribution in [1.82, 2.24) is 0 Å². The minimum absolute atomic E-state index is 0.00984. The lowest BCUT2D eigenvalue weighted by atomic mass is 10.1. The molecule has 0 unspecified atom stereocenters. The van der Waals surface area contributed by atoms with E-state index < -0.39 is 11.6 Å².